The highest BCUT2D eigenvalue weighted by Crippen LogP contribution is 2.32. The van der Waals surface area contributed by atoms with Gasteiger partial charge < -0.3 is 10.4 Å². The Morgan fingerprint density at radius 3 is 2.90 bits per heavy atom. The van der Waals surface area contributed by atoms with E-state index in [2.05, 4.69) is 19.4 Å². The van der Waals surface area contributed by atoms with Crippen LogP contribution in [0.5, 0.6) is 0 Å². The normalized spacial score (nSPS) is 15.8. The number of hydrogen-bond acceptors (Lipinski definition) is 6. The molecule has 1 saturated carbocycles. The number of aromatic nitrogens is 2. The molecule has 0 saturated heterocycles. The van der Waals surface area contributed by atoms with Crippen molar-refractivity contribution in [3.63, 3.8) is 0 Å². The van der Waals surface area contributed by atoms with Crippen LogP contribution in [0.2, 0.25) is 0 Å². The number of carboxylic acids is 1. The number of nitrogens with one attached hydrogen (secondary N) is 2. The number of benzene rings is 1. The van der Waals surface area contributed by atoms with E-state index in [9.17, 15) is 9.59 Å². The van der Waals surface area contributed by atoms with Gasteiger partial charge in [-0.15, -0.1) is 0 Å². The van der Waals surface area contributed by atoms with E-state index < -0.39 is 12.0 Å². The maximum Gasteiger partial charge on any atom is 0.320 e. The predicted octanol–water partition coefficient (Wildman–Crippen LogP) is 1.08. The van der Waals surface area contributed by atoms with Gasteiger partial charge in [0.2, 0.25) is 5.91 Å². The van der Waals surface area contributed by atoms with Gasteiger partial charge in [0, 0.05) is 0 Å². The summed E-state index contributed by atoms with van der Waals surface area (Å²) in [5.74, 6) is -1.06. The predicted molar refractivity (Wildman–Crippen MR) is 78.2 cm³/mol. The second-order valence-corrected chi connectivity index (χ2v) is 5.55. The Hall–Kier alpha value is -2.06. The molecule has 1 unspecified atom stereocenters. The molecule has 8 heteroatoms. The molecule has 3 N–H and O–H groups in total. The summed E-state index contributed by atoms with van der Waals surface area (Å²) >= 11 is 1.08. The van der Waals surface area contributed by atoms with Gasteiger partial charge in [-0.25, -0.2) is 0 Å². The van der Waals surface area contributed by atoms with Crippen molar-refractivity contribution in [1.29, 1.82) is 0 Å². The van der Waals surface area contributed by atoms with Crippen molar-refractivity contribution in [2.24, 2.45) is 5.92 Å². The van der Waals surface area contributed by atoms with Crippen molar-refractivity contribution in [1.82, 2.24) is 14.1 Å². The first-order chi connectivity index (χ1) is 10.1. The molecule has 0 bridgehead atoms. The first-order valence-corrected chi connectivity index (χ1v) is 7.35. The molecule has 0 radical (unpaired) electrons. The number of carbonyl (C=O) groups excluding carboxylic acids is 1. The molecule has 110 valence electrons. The molecule has 1 aromatic heterocycles. The fourth-order valence-corrected chi connectivity index (χ4v) is 2.74. The zero-order chi connectivity index (χ0) is 14.8. The number of carboxylic acid groups (broad SMARTS) is 1. The van der Waals surface area contributed by atoms with E-state index in [1.807, 2.05) is 6.07 Å². The summed E-state index contributed by atoms with van der Waals surface area (Å²) in [6.07, 6.45) is 1.80. The Kier molecular flexibility index (Phi) is 3.80. The summed E-state index contributed by atoms with van der Waals surface area (Å²) in [5.41, 5.74) is 1.96. The molecule has 7 nitrogen and oxygen atoms in total. The first-order valence-electron chi connectivity index (χ1n) is 6.62. The number of carbonyl (C=O) groups is 2. The minimum absolute atomic E-state index is 0.0403. The van der Waals surface area contributed by atoms with Crippen molar-refractivity contribution in [3.8, 4) is 0 Å². The molecule has 1 aliphatic carbocycles. The number of rotatable bonds is 6. The molecule has 1 amide bonds. The lowest BCUT2D eigenvalue weighted by atomic mass is 10.2. The van der Waals surface area contributed by atoms with E-state index >= 15 is 0 Å². The van der Waals surface area contributed by atoms with Gasteiger partial charge in [-0.2, -0.15) is 8.75 Å². The standard InChI is InChI=1S/C13H14N4O3S/c18-10(6-14-11(13(19)20)7-4-5-7)15-8-2-1-3-9-12(8)17-21-16-9/h1-3,7,11,14H,4-6H2,(H,15,18)(H,19,20). The topological polar surface area (TPSA) is 104 Å². The fraction of sp³-hybridized carbons (Fsp3) is 0.385. The zero-order valence-corrected chi connectivity index (χ0v) is 11.9. The van der Waals surface area contributed by atoms with Crippen LogP contribution in [0.4, 0.5) is 5.69 Å². The third-order valence-electron chi connectivity index (χ3n) is 3.40. The third-order valence-corrected chi connectivity index (χ3v) is 3.94. The quantitative estimate of drug-likeness (QED) is 0.738. The van der Waals surface area contributed by atoms with Crippen LogP contribution in [0.3, 0.4) is 0 Å². The number of hydrogen-bond donors (Lipinski definition) is 3. The molecule has 1 atom stereocenters. The first kappa shape index (κ1) is 13.9. The highest BCUT2D eigenvalue weighted by atomic mass is 32.1. The van der Waals surface area contributed by atoms with E-state index in [-0.39, 0.29) is 18.4 Å². The molecular formula is C13H14N4O3S. The molecule has 1 aliphatic rings. The van der Waals surface area contributed by atoms with Gasteiger partial charge in [0.1, 0.15) is 17.1 Å². The number of fused-ring (bicyclic) bond motifs is 1. The highest BCUT2D eigenvalue weighted by molar-refractivity contribution is 7.00. The Morgan fingerprint density at radius 1 is 1.38 bits per heavy atom. The van der Waals surface area contributed by atoms with E-state index in [4.69, 9.17) is 5.11 Å². The van der Waals surface area contributed by atoms with Gasteiger partial charge in [-0.05, 0) is 30.9 Å². The summed E-state index contributed by atoms with van der Waals surface area (Å²) in [4.78, 5) is 23.0. The highest BCUT2D eigenvalue weighted by Gasteiger charge is 2.36. The van der Waals surface area contributed by atoms with Crippen LogP contribution < -0.4 is 10.6 Å². The van der Waals surface area contributed by atoms with Gasteiger partial charge in [-0.1, -0.05) is 6.07 Å². The minimum Gasteiger partial charge on any atom is -0.480 e. The van der Waals surface area contributed by atoms with Gasteiger partial charge in [0.05, 0.1) is 24.0 Å². The van der Waals surface area contributed by atoms with Crippen molar-refractivity contribution in [3.05, 3.63) is 18.2 Å². The van der Waals surface area contributed by atoms with Crippen LogP contribution in [0, 0.1) is 5.92 Å². The molecule has 0 spiro atoms. The van der Waals surface area contributed by atoms with Gasteiger partial charge in [0.15, 0.2) is 0 Å². The van der Waals surface area contributed by atoms with Gasteiger partial charge >= 0.3 is 5.97 Å². The maximum atomic E-state index is 11.9. The van der Waals surface area contributed by atoms with Crippen molar-refractivity contribution >= 4 is 40.3 Å². The van der Waals surface area contributed by atoms with Crippen LogP contribution in [-0.2, 0) is 9.59 Å². The number of aliphatic carboxylic acids is 1. The lowest BCUT2D eigenvalue weighted by Gasteiger charge is -2.13. The summed E-state index contributed by atoms with van der Waals surface area (Å²) in [6.45, 7) is -0.0403. The van der Waals surface area contributed by atoms with Crippen LogP contribution in [0.25, 0.3) is 11.0 Å². The minimum atomic E-state index is -0.906. The summed E-state index contributed by atoms with van der Waals surface area (Å²) in [6, 6.07) is 4.71. The van der Waals surface area contributed by atoms with Crippen LogP contribution in [0.1, 0.15) is 12.8 Å². The molecule has 1 heterocycles. The zero-order valence-electron chi connectivity index (χ0n) is 11.1. The molecule has 1 aromatic carbocycles. The smallest absolute Gasteiger partial charge is 0.320 e. The summed E-state index contributed by atoms with van der Waals surface area (Å²) in [5, 5.41) is 14.6. The second kappa shape index (κ2) is 5.74. The van der Waals surface area contributed by atoms with Crippen LogP contribution in [0.15, 0.2) is 18.2 Å². The van der Waals surface area contributed by atoms with E-state index in [1.54, 1.807) is 12.1 Å². The molecule has 3 rings (SSSR count). The fourth-order valence-electron chi connectivity index (χ4n) is 2.19. The largest absolute Gasteiger partial charge is 0.480 e. The Morgan fingerprint density at radius 2 is 2.19 bits per heavy atom. The molecule has 2 aromatic rings. The molecule has 0 aliphatic heterocycles. The average molecular weight is 306 g/mol. The van der Waals surface area contributed by atoms with Crippen molar-refractivity contribution < 1.29 is 14.7 Å². The Balaban J connectivity index is 1.61. The number of amides is 1. The third kappa shape index (κ3) is 3.17. The number of anilines is 1. The summed E-state index contributed by atoms with van der Waals surface area (Å²) in [7, 11) is 0. The molecular weight excluding hydrogens is 292 g/mol. The maximum absolute atomic E-state index is 11.9. The number of nitrogens with zero attached hydrogens (tertiary/aromatic N) is 2. The second-order valence-electron chi connectivity index (χ2n) is 5.02. The monoisotopic (exact) mass is 306 g/mol. The lowest BCUT2D eigenvalue weighted by molar-refractivity contribution is -0.140. The van der Waals surface area contributed by atoms with Crippen LogP contribution in [-0.4, -0.2) is 38.3 Å². The van der Waals surface area contributed by atoms with E-state index in [0.717, 1.165) is 30.1 Å². The van der Waals surface area contributed by atoms with E-state index in [1.165, 1.54) is 0 Å². The van der Waals surface area contributed by atoms with E-state index in [0.29, 0.717) is 11.2 Å². The summed E-state index contributed by atoms with van der Waals surface area (Å²) < 4.78 is 8.24. The Labute approximate surface area is 124 Å². The molecule has 1 fully saturated rings. The van der Waals surface area contributed by atoms with Gasteiger partial charge in [0.25, 0.3) is 0 Å². The Bertz CT molecular complexity index is 683. The van der Waals surface area contributed by atoms with Gasteiger partial charge in [-0.3, -0.25) is 14.9 Å². The average Bonchev–Trinajstić information content (AvgIpc) is 3.15. The van der Waals surface area contributed by atoms with Crippen molar-refractivity contribution in [2.45, 2.75) is 18.9 Å². The molecule has 21 heavy (non-hydrogen) atoms. The lowest BCUT2D eigenvalue weighted by Crippen LogP contribution is -2.42. The SMILES string of the molecule is O=C(CNC(C(=O)O)C1CC1)Nc1cccc2nsnc12. The van der Waals surface area contributed by atoms with Crippen molar-refractivity contribution in [2.75, 3.05) is 11.9 Å². The van der Waals surface area contributed by atoms with Crippen LogP contribution >= 0.6 is 11.7 Å².